The van der Waals surface area contributed by atoms with Gasteiger partial charge >= 0.3 is 13.7 Å². The highest BCUT2D eigenvalue weighted by Crippen LogP contribution is 2.48. The molecule has 1 aliphatic heterocycles. The quantitative estimate of drug-likeness (QED) is 0.227. The maximum atomic E-state index is 12.7. The standard InChI is InChI=1S/C26H46N3O5PS/c1-6-33-35(32,34-7-2)21-11-15-27-17-19-28(20-18-27)16-14-23(29(25(30)31)26(3,4)5)22-36-24-12-9-8-10-13-24/h8-10,12-13,23H,6-7,11,14-22H2,1-5H3,(H,30,31)/t23-/m1/s1. The molecule has 1 fully saturated rings. The average Bonchev–Trinajstić information content (AvgIpc) is 2.81. The minimum absolute atomic E-state index is 0.0722. The maximum absolute atomic E-state index is 12.7. The van der Waals surface area contributed by atoms with Crippen molar-refractivity contribution in [3.05, 3.63) is 30.3 Å². The zero-order valence-electron chi connectivity index (χ0n) is 22.7. The highest BCUT2D eigenvalue weighted by atomic mass is 32.2. The monoisotopic (exact) mass is 543 g/mol. The van der Waals surface area contributed by atoms with Gasteiger partial charge in [-0.25, -0.2) is 4.79 Å². The first-order valence-electron chi connectivity index (χ1n) is 13.1. The highest BCUT2D eigenvalue weighted by molar-refractivity contribution is 7.99. The lowest BCUT2D eigenvalue weighted by molar-refractivity contribution is 0.0654. The van der Waals surface area contributed by atoms with Crippen molar-refractivity contribution in [2.24, 2.45) is 0 Å². The summed E-state index contributed by atoms with van der Waals surface area (Å²) in [5.41, 5.74) is -0.463. The van der Waals surface area contributed by atoms with Gasteiger partial charge in [-0.3, -0.25) is 9.46 Å². The third-order valence-electron chi connectivity index (χ3n) is 6.28. The first-order valence-corrected chi connectivity index (χ1v) is 15.8. The molecule has 0 aromatic heterocycles. The fourth-order valence-corrected chi connectivity index (χ4v) is 7.30. The fourth-order valence-electron chi connectivity index (χ4n) is 4.60. The average molecular weight is 544 g/mol. The minimum Gasteiger partial charge on any atom is -0.465 e. The molecule has 0 spiro atoms. The van der Waals surface area contributed by atoms with Crippen LogP contribution in [0, 0.1) is 0 Å². The van der Waals surface area contributed by atoms with Crippen LogP contribution in [-0.4, -0.2) is 102 Å². The number of thioether (sulfide) groups is 1. The summed E-state index contributed by atoms with van der Waals surface area (Å²) in [6.07, 6.45) is 1.18. The molecule has 206 valence electrons. The normalized spacial score (nSPS) is 16.7. The zero-order chi connectivity index (χ0) is 26.6. The molecule has 36 heavy (non-hydrogen) atoms. The van der Waals surface area contributed by atoms with Crippen molar-refractivity contribution in [1.82, 2.24) is 14.7 Å². The van der Waals surface area contributed by atoms with E-state index in [1.807, 2.05) is 52.8 Å². The van der Waals surface area contributed by atoms with Crippen LogP contribution in [-0.2, 0) is 13.6 Å². The number of amides is 1. The van der Waals surface area contributed by atoms with Gasteiger partial charge in [0.15, 0.2) is 0 Å². The predicted octanol–water partition coefficient (Wildman–Crippen LogP) is 5.59. The third kappa shape index (κ3) is 10.7. The lowest BCUT2D eigenvalue weighted by Crippen LogP contribution is -2.54. The van der Waals surface area contributed by atoms with Crippen molar-refractivity contribution in [1.29, 1.82) is 0 Å². The summed E-state index contributed by atoms with van der Waals surface area (Å²) in [5, 5.41) is 10.0. The predicted molar refractivity (Wildman–Crippen MR) is 148 cm³/mol. The molecular formula is C26H46N3O5PS. The second kappa shape index (κ2) is 15.4. The number of rotatable bonds is 15. The molecule has 1 heterocycles. The molecule has 8 nitrogen and oxygen atoms in total. The Kier molecular flexibility index (Phi) is 13.3. The van der Waals surface area contributed by atoms with Crippen molar-refractivity contribution in [3.63, 3.8) is 0 Å². The topological polar surface area (TPSA) is 82.6 Å². The van der Waals surface area contributed by atoms with Gasteiger partial charge in [-0.2, -0.15) is 0 Å². The Hall–Kier alpha value is -1.09. The van der Waals surface area contributed by atoms with E-state index in [1.165, 1.54) is 0 Å². The first kappa shape index (κ1) is 31.1. The van der Waals surface area contributed by atoms with E-state index in [0.29, 0.717) is 19.4 Å². The molecule has 1 aromatic carbocycles. The van der Waals surface area contributed by atoms with Crippen molar-refractivity contribution in [2.75, 3.05) is 64.4 Å². The van der Waals surface area contributed by atoms with Crippen LogP contribution < -0.4 is 0 Å². The molecule has 1 amide bonds. The van der Waals surface area contributed by atoms with Crippen molar-refractivity contribution in [3.8, 4) is 0 Å². The van der Waals surface area contributed by atoms with Crippen LogP contribution >= 0.6 is 19.4 Å². The summed E-state index contributed by atoms with van der Waals surface area (Å²) in [6, 6.07) is 10.1. The summed E-state index contributed by atoms with van der Waals surface area (Å²) in [5.74, 6) is 0.729. The summed E-state index contributed by atoms with van der Waals surface area (Å²) in [4.78, 5) is 19.8. The molecule has 0 saturated carbocycles. The molecule has 2 rings (SSSR count). The van der Waals surface area contributed by atoms with Gasteiger partial charge in [-0.15, -0.1) is 11.8 Å². The van der Waals surface area contributed by atoms with E-state index in [1.54, 1.807) is 16.7 Å². The number of benzene rings is 1. The van der Waals surface area contributed by atoms with Gasteiger partial charge in [0, 0.05) is 55.0 Å². The van der Waals surface area contributed by atoms with Crippen LogP contribution in [0.15, 0.2) is 35.2 Å². The SMILES string of the molecule is CCOP(=O)(CCCN1CCN(CC[C@H](CSc2ccccc2)N(C(=O)O)C(C)(C)C)CC1)OCC. The van der Waals surface area contributed by atoms with Crippen LogP contribution in [0.3, 0.4) is 0 Å². The number of hydrogen-bond acceptors (Lipinski definition) is 7. The second-order valence-electron chi connectivity index (χ2n) is 10.1. The number of carbonyl (C=O) groups is 1. The molecule has 10 heteroatoms. The van der Waals surface area contributed by atoms with Gasteiger partial charge in [0.05, 0.1) is 19.4 Å². The molecule has 0 bridgehead atoms. The molecule has 1 aromatic rings. The smallest absolute Gasteiger partial charge is 0.408 e. The Morgan fingerprint density at radius 1 is 1.06 bits per heavy atom. The summed E-state index contributed by atoms with van der Waals surface area (Å²) in [6.45, 7) is 16.0. The van der Waals surface area contributed by atoms with Gasteiger partial charge in [0.25, 0.3) is 0 Å². The second-order valence-corrected chi connectivity index (χ2v) is 13.4. The minimum atomic E-state index is -2.97. The van der Waals surface area contributed by atoms with Crippen LogP contribution in [0.5, 0.6) is 0 Å². The lowest BCUT2D eigenvalue weighted by Gasteiger charge is -2.41. The Balaban J connectivity index is 1.85. The van der Waals surface area contributed by atoms with E-state index >= 15 is 0 Å². The van der Waals surface area contributed by atoms with Crippen LogP contribution in [0.25, 0.3) is 0 Å². The van der Waals surface area contributed by atoms with E-state index in [-0.39, 0.29) is 6.04 Å². The van der Waals surface area contributed by atoms with Gasteiger partial charge in [0.2, 0.25) is 0 Å². The molecule has 0 radical (unpaired) electrons. The number of piperazine rings is 1. The number of hydrogen-bond donors (Lipinski definition) is 1. The van der Waals surface area contributed by atoms with Gasteiger partial charge in [-0.1, -0.05) is 18.2 Å². The van der Waals surface area contributed by atoms with E-state index in [4.69, 9.17) is 9.05 Å². The van der Waals surface area contributed by atoms with Gasteiger partial charge in [0.1, 0.15) is 0 Å². The molecule has 1 aliphatic rings. The molecule has 0 unspecified atom stereocenters. The Morgan fingerprint density at radius 3 is 2.11 bits per heavy atom. The van der Waals surface area contributed by atoms with Crippen molar-refractivity contribution < 1.29 is 23.5 Å². The van der Waals surface area contributed by atoms with Gasteiger partial charge in [-0.05, 0) is 66.1 Å². The largest absolute Gasteiger partial charge is 0.465 e. The maximum Gasteiger partial charge on any atom is 0.408 e. The molecule has 0 aliphatic carbocycles. The van der Waals surface area contributed by atoms with Gasteiger partial charge < -0.3 is 24.0 Å². The van der Waals surface area contributed by atoms with E-state index < -0.39 is 19.2 Å². The Morgan fingerprint density at radius 2 is 1.61 bits per heavy atom. The van der Waals surface area contributed by atoms with E-state index in [0.717, 1.165) is 62.8 Å². The number of nitrogens with zero attached hydrogens (tertiary/aromatic N) is 3. The summed E-state index contributed by atoms with van der Waals surface area (Å²) < 4.78 is 23.5. The Bertz CT molecular complexity index is 806. The molecule has 1 atom stereocenters. The van der Waals surface area contributed by atoms with Crippen LogP contribution in [0.4, 0.5) is 4.79 Å². The summed E-state index contributed by atoms with van der Waals surface area (Å²) >= 11 is 1.72. The van der Waals surface area contributed by atoms with E-state index in [2.05, 4.69) is 21.9 Å². The third-order valence-corrected chi connectivity index (χ3v) is 9.60. The zero-order valence-corrected chi connectivity index (χ0v) is 24.4. The van der Waals surface area contributed by atoms with Crippen LogP contribution in [0.2, 0.25) is 0 Å². The molecule has 1 N–H and O–H groups in total. The highest BCUT2D eigenvalue weighted by Gasteiger charge is 2.33. The van der Waals surface area contributed by atoms with E-state index in [9.17, 15) is 14.5 Å². The number of carboxylic acid groups (broad SMARTS) is 1. The summed E-state index contributed by atoms with van der Waals surface area (Å²) in [7, 11) is -2.97. The van der Waals surface area contributed by atoms with Crippen LogP contribution in [0.1, 0.15) is 47.5 Å². The van der Waals surface area contributed by atoms with Crippen molar-refractivity contribution in [2.45, 2.75) is 63.9 Å². The van der Waals surface area contributed by atoms with Crippen molar-refractivity contribution >= 4 is 25.5 Å². The first-order chi connectivity index (χ1) is 17.1. The lowest BCUT2D eigenvalue weighted by atomic mass is 10.0. The molecular weight excluding hydrogens is 497 g/mol. The fraction of sp³-hybridized carbons (Fsp3) is 0.731. The Labute approximate surface area is 222 Å². The molecule has 1 saturated heterocycles.